The van der Waals surface area contributed by atoms with Crippen LogP contribution < -0.4 is 4.74 Å². The Morgan fingerprint density at radius 2 is 1.92 bits per heavy atom. The first-order chi connectivity index (χ1) is 11.8. The summed E-state index contributed by atoms with van der Waals surface area (Å²) in [7, 11) is 0. The van der Waals surface area contributed by atoms with Crippen molar-refractivity contribution in [2.75, 3.05) is 0 Å². The van der Waals surface area contributed by atoms with Crippen LogP contribution in [-0.4, -0.2) is 9.97 Å². The molecule has 0 spiro atoms. The Morgan fingerprint density at radius 1 is 1.04 bits per heavy atom. The topological polar surface area (TPSA) is 48.2 Å². The van der Waals surface area contributed by atoms with Crippen LogP contribution in [0.15, 0.2) is 71.5 Å². The smallest absolute Gasteiger partial charge is 0.226 e. The number of hydrogen-bond donors (Lipinski definition) is 0. The Labute approximate surface area is 143 Å². The van der Waals surface area contributed by atoms with Gasteiger partial charge in [-0.05, 0) is 48.5 Å². The number of rotatable bonds is 4. The molecule has 0 unspecified atom stereocenters. The van der Waals surface area contributed by atoms with E-state index in [0.717, 1.165) is 27.9 Å². The second-order valence-corrected chi connectivity index (χ2v) is 5.73. The molecule has 24 heavy (non-hydrogen) atoms. The molecule has 4 rings (SSSR count). The van der Waals surface area contributed by atoms with Crippen molar-refractivity contribution in [1.29, 1.82) is 0 Å². The highest BCUT2D eigenvalue weighted by Gasteiger charge is 2.07. The van der Waals surface area contributed by atoms with Crippen molar-refractivity contribution in [3.8, 4) is 17.2 Å². The predicted molar refractivity (Wildman–Crippen MR) is 93.0 cm³/mol. The number of aromatic nitrogens is 2. The van der Waals surface area contributed by atoms with E-state index in [-0.39, 0.29) is 0 Å². The molecule has 118 valence electrons. The molecule has 0 aliphatic rings. The highest BCUT2D eigenvalue weighted by Crippen LogP contribution is 2.23. The number of fused-ring (bicyclic) bond motifs is 1. The van der Waals surface area contributed by atoms with Gasteiger partial charge >= 0.3 is 0 Å². The summed E-state index contributed by atoms with van der Waals surface area (Å²) in [6, 6.07) is 17.1. The van der Waals surface area contributed by atoms with Crippen LogP contribution in [0.4, 0.5) is 0 Å². The first-order valence-electron chi connectivity index (χ1n) is 7.46. The molecular weight excluding hydrogens is 324 g/mol. The highest BCUT2D eigenvalue weighted by molar-refractivity contribution is 6.30. The average molecular weight is 337 g/mol. The van der Waals surface area contributed by atoms with Crippen LogP contribution in [0.1, 0.15) is 5.69 Å². The van der Waals surface area contributed by atoms with Gasteiger partial charge in [-0.25, -0.2) is 4.98 Å². The maximum Gasteiger partial charge on any atom is 0.226 e. The quantitative estimate of drug-likeness (QED) is 0.519. The molecule has 0 amide bonds. The fourth-order valence-electron chi connectivity index (χ4n) is 2.40. The molecule has 0 saturated heterocycles. The minimum Gasteiger partial charge on any atom is -0.487 e. The van der Waals surface area contributed by atoms with Crippen LogP contribution in [-0.2, 0) is 6.61 Å². The van der Waals surface area contributed by atoms with E-state index in [2.05, 4.69) is 9.97 Å². The molecule has 2 heterocycles. The van der Waals surface area contributed by atoms with Gasteiger partial charge in [0.15, 0.2) is 0 Å². The number of pyridine rings is 1. The summed E-state index contributed by atoms with van der Waals surface area (Å²) in [6.45, 7) is 0.336. The summed E-state index contributed by atoms with van der Waals surface area (Å²) in [6.07, 6.45) is 3.38. The van der Waals surface area contributed by atoms with Crippen LogP contribution in [0.5, 0.6) is 5.75 Å². The first kappa shape index (κ1) is 14.7. The molecule has 4 aromatic rings. The van der Waals surface area contributed by atoms with Gasteiger partial charge in [0.25, 0.3) is 0 Å². The van der Waals surface area contributed by atoms with Gasteiger partial charge in [-0.3, -0.25) is 4.98 Å². The Kier molecular flexibility index (Phi) is 3.89. The molecular formula is C19H13ClN2O2. The van der Waals surface area contributed by atoms with Gasteiger partial charge in [-0.1, -0.05) is 17.7 Å². The van der Waals surface area contributed by atoms with E-state index in [0.29, 0.717) is 17.5 Å². The van der Waals surface area contributed by atoms with Crippen LogP contribution >= 0.6 is 11.6 Å². The van der Waals surface area contributed by atoms with Crippen molar-refractivity contribution in [3.63, 3.8) is 0 Å². The fourth-order valence-corrected chi connectivity index (χ4v) is 2.53. The van der Waals surface area contributed by atoms with E-state index in [1.54, 1.807) is 24.6 Å². The zero-order valence-corrected chi connectivity index (χ0v) is 13.4. The van der Waals surface area contributed by atoms with Gasteiger partial charge in [0.1, 0.15) is 24.3 Å². The lowest BCUT2D eigenvalue weighted by atomic mass is 10.2. The van der Waals surface area contributed by atoms with E-state index in [9.17, 15) is 0 Å². The van der Waals surface area contributed by atoms with Gasteiger partial charge in [0, 0.05) is 22.2 Å². The summed E-state index contributed by atoms with van der Waals surface area (Å²) >= 11 is 5.89. The largest absolute Gasteiger partial charge is 0.487 e. The highest BCUT2D eigenvalue weighted by atomic mass is 35.5. The molecule has 5 heteroatoms. The van der Waals surface area contributed by atoms with Crippen LogP contribution in [0.2, 0.25) is 5.02 Å². The van der Waals surface area contributed by atoms with Crippen molar-refractivity contribution in [2.24, 2.45) is 0 Å². The van der Waals surface area contributed by atoms with Crippen molar-refractivity contribution in [1.82, 2.24) is 9.97 Å². The van der Waals surface area contributed by atoms with Gasteiger partial charge in [0.05, 0.1) is 5.52 Å². The third kappa shape index (κ3) is 3.09. The van der Waals surface area contributed by atoms with Gasteiger partial charge in [-0.2, -0.15) is 0 Å². The van der Waals surface area contributed by atoms with E-state index >= 15 is 0 Å². The Balaban J connectivity index is 1.48. The minimum atomic E-state index is 0.336. The molecule has 0 aliphatic heterocycles. The SMILES string of the molecule is Clc1ccc(-c2nc(COc3ccc4ncccc4c3)co2)cc1. The fraction of sp³-hybridized carbons (Fsp3) is 0.0526. The Hall–Kier alpha value is -2.85. The second kappa shape index (κ2) is 6.34. The van der Waals surface area contributed by atoms with Crippen LogP contribution in [0.25, 0.3) is 22.4 Å². The van der Waals surface area contributed by atoms with Gasteiger partial charge in [0.2, 0.25) is 5.89 Å². The molecule has 0 saturated carbocycles. The number of benzene rings is 2. The Morgan fingerprint density at radius 3 is 2.79 bits per heavy atom. The van der Waals surface area contributed by atoms with Crippen molar-refractivity contribution >= 4 is 22.5 Å². The molecule has 2 aromatic carbocycles. The molecule has 0 fully saturated rings. The summed E-state index contributed by atoms with van der Waals surface area (Å²) < 4.78 is 11.3. The monoisotopic (exact) mass is 336 g/mol. The Bertz CT molecular complexity index is 980. The maximum atomic E-state index is 5.89. The lowest BCUT2D eigenvalue weighted by Gasteiger charge is -2.05. The molecule has 2 aromatic heterocycles. The standard InChI is InChI=1S/C19H13ClN2O2/c20-15-5-3-13(4-6-15)19-22-16(12-24-19)11-23-17-7-8-18-14(10-17)2-1-9-21-18/h1-10,12H,11H2. The van der Waals surface area contributed by atoms with Gasteiger partial charge in [-0.15, -0.1) is 0 Å². The summed E-state index contributed by atoms with van der Waals surface area (Å²) in [5, 5.41) is 1.72. The third-order valence-electron chi connectivity index (χ3n) is 3.60. The molecule has 0 atom stereocenters. The maximum absolute atomic E-state index is 5.89. The van der Waals surface area contributed by atoms with Crippen molar-refractivity contribution in [2.45, 2.75) is 6.61 Å². The minimum absolute atomic E-state index is 0.336. The average Bonchev–Trinajstić information content (AvgIpc) is 3.09. The van der Waals surface area contributed by atoms with Crippen LogP contribution in [0, 0.1) is 0 Å². The number of halogens is 1. The normalized spacial score (nSPS) is 10.9. The number of ether oxygens (including phenoxy) is 1. The molecule has 0 bridgehead atoms. The predicted octanol–water partition coefficient (Wildman–Crippen LogP) is 5.12. The summed E-state index contributed by atoms with van der Waals surface area (Å²) in [5.41, 5.74) is 2.55. The number of oxazole rings is 1. The van der Waals surface area contributed by atoms with Crippen molar-refractivity contribution in [3.05, 3.63) is 77.8 Å². The molecule has 4 nitrogen and oxygen atoms in total. The number of hydrogen-bond acceptors (Lipinski definition) is 4. The van der Waals surface area contributed by atoms with E-state index < -0.39 is 0 Å². The second-order valence-electron chi connectivity index (χ2n) is 5.30. The first-order valence-corrected chi connectivity index (χ1v) is 7.84. The van der Waals surface area contributed by atoms with Gasteiger partial charge < -0.3 is 9.15 Å². The molecule has 0 aliphatic carbocycles. The van der Waals surface area contributed by atoms with Crippen LogP contribution in [0.3, 0.4) is 0 Å². The van der Waals surface area contributed by atoms with E-state index in [1.165, 1.54) is 0 Å². The summed E-state index contributed by atoms with van der Waals surface area (Å²) in [4.78, 5) is 8.73. The van der Waals surface area contributed by atoms with Crippen molar-refractivity contribution < 1.29 is 9.15 Å². The molecule has 0 radical (unpaired) electrons. The zero-order chi connectivity index (χ0) is 16.4. The lowest BCUT2D eigenvalue weighted by molar-refractivity contribution is 0.301. The molecule has 0 N–H and O–H groups in total. The zero-order valence-electron chi connectivity index (χ0n) is 12.6. The van der Waals surface area contributed by atoms with E-state index in [1.807, 2.05) is 42.5 Å². The number of nitrogens with zero attached hydrogens (tertiary/aromatic N) is 2. The third-order valence-corrected chi connectivity index (χ3v) is 3.86. The van der Waals surface area contributed by atoms with E-state index in [4.69, 9.17) is 20.8 Å². The summed E-state index contributed by atoms with van der Waals surface area (Å²) in [5.74, 6) is 1.32. The lowest BCUT2D eigenvalue weighted by Crippen LogP contribution is -1.95.